The lowest BCUT2D eigenvalue weighted by atomic mass is 9.64. The summed E-state index contributed by atoms with van der Waals surface area (Å²) >= 11 is 0. The zero-order chi connectivity index (χ0) is 13.8. The summed E-state index contributed by atoms with van der Waals surface area (Å²) in [5.74, 6) is 0.420. The van der Waals surface area contributed by atoms with Crippen molar-refractivity contribution in [2.24, 2.45) is 11.3 Å². The Morgan fingerprint density at radius 1 is 1.28 bits per heavy atom. The van der Waals surface area contributed by atoms with E-state index in [-0.39, 0.29) is 11.5 Å². The fourth-order valence-corrected chi connectivity index (χ4v) is 2.98. The van der Waals surface area contributed by atoms with Gasteiger partial charge in [0.2, 0.25) is 0 Å². The second-order valence-electron chi connectivity index (χ2n) is 6.11. The summed E-state index contributed by atoms with van der Waals surface area (Å²) in [6.07, 6.45) is 3.31. The molecule has 1 fully saturated rings. The number of ether oxygens (including phenoxy) is 1. The van der Waals surface area contributed by atoms with E-state index in [4.69, 9.17) is 4.74 Å². The van der Waals surface area contributed by atoms with Crippen LogP contribution in [0.15, 0.2) is 0 Å². The van der Waals surface area contributed by atoms with E-state index in [1.54, 1.807) is 0 Å². The van der Waals surface area contributed by atoms with Gasteiger partial charge in [-0.2, -0.15) is 0 Å². The Morgan fingerprint density at radius 3 is 2.33 bits per heavy atom. The van der Waals surface area contributed by atoms with Gasteiger partial charge in [0.25, 0.3) is 0 Å². The van der Waals surface area contributed by atoms with Gasteiger partial charge in [-0.3, -0.25) is 0 Å². The van der Waals surface area contributed by atoms with Crippen molar-refractivity contribution in [1.29, 1.82) is 0 Å². The smallest absolute Gasteiger partial charge is 0.0692 e. The highest BCUT2D eigenvalue weighted by Crippen LogP contribution is 2.42. The fraction of sp³-hybridized carbons (Fsp3) is 1.00. The molecule has 0 amide bonds. The minimum atomic E-state index is -0.220. The molecule has 3 heteroatoms. The number of hydrogen-bond donors (Lipinski definition) is 2. The van der Waals surface area contributed by atoms with E-state index in [9.17, 15) is 5.11 Å². The van der Waals surface area contributed by atoms with E-state index in [0.29, 0.717) is 24.6 Å². The molecule has 0 aromatic rings. The molecule has 108 valence electrons. The molecule has 0 saturated heterocycles. The lowest BCUT2D eigenvalue weighted by Crippen LogP contribution is -2.62. The van der Waals surface area contributed by atoms with Crippen molar-refractivity contribution < 1.29 is 9.84 Å². The topological polar surface area (TPSA) is 41.5 Å². The van der Waals surface area contributed by atoms with E-state index >= 15 is 0 Å². The van der Waals surface area contributed by atoms with Crippen LogP contribution in [0.25, 0.3) is 0 Å². The molecule has 0 bridgehead atoms. The number of rotatable bonds is 8. The van der Waals surface area contributed by atoms with Gasteiger partial charge >= 0.3 is 0 Å². The van der Waals surface area contributed by atoms with Crippen LogP contribution in [0, 0.1) is 11.3 Å². The molecule has 0 aliphatic heterocycles. The van der Waals surface area contributed by atoms with Crippen LogP contribution in [0.3, 0.4) is 0 Å². The number of aliphatic hydroxyl groups is 1. The maximum Gasteiger partial charge on any atom is 0.0692 e. The third kappa shape index (κ3) is 3.46. The van der Waals surface area contributed by atoms with Crippen LogP contribution in [-0.2, 0) is 4.74 Å². The van der Waals surface area contributed by atoms with Crippen LogP contribution in [0.2, 0.25) is 0 Å². The predicted octanol–water partition coefficient (Wildman–Crippen LogP) is 2.58. The van der Waals surface area contributed by atoms with Crippen LogP contribution >= 0.6 is 0 Å². The molecule has 18 heavy (non-hydrogen) atoms. The van der Waals surface area contributed by atoms with E-state index in [2.05, 4.69) is 33.0 Å². The lowest BCUT2D eigenvalue weighted by molar-refractivity contribution is -0.116. The van der Waals surface area contributed by atoms with E-state index in [0.717, 1.165) is 25.9 Å². The van der Waals surface area contributed by atoms with Gasteiger partial charge in [-0.25, -0.2) is 0 Å². The van der Waals surface area contributed by atoms with Gasteiger partial charge < -0.3 is 15.2 Å². The molecular formula is C15H31NO2. The first-order chi connectivity index (χ1) is 8.47. The van der Waals surface area contributed by atoms with Crippen molar-refractivity contribution in [3.05, 3.63) is 0 Å². The number of aliphatic hydroxyl groups excluding tert-OH is 1. The SMILES string of the molecule is CCOC1CC(NCC(O)C(CC)CC)C1(C)C. The third-order valence-corrected chi connectivity index (χ3v) is 4.71. The Morgan fingerprint density at radius 2 is 1.89 bits per heavy atom. The molecular weight excluding hydrogens is 226 g/mol. The van der Waals surface area contributed by atoms with Crippen molar-refractivity contribution >= 4 is 0 Å². The van der Waals surface area contributed by atoms with Crippen LogP contribution in [0.4, 0.5) is 0 Å². The molecule has 0 aromatic heterocycles. The Hall–Kier alpha value is -0.120. The highest BCUT2D eigenvalue weighted by atomic mass is 16.5. The van der Waals surface area contributed by atoms with Gasteiger partial charge in [0.1, 0.15) is 0 Å². The first-order valence-corrected chi connectivity index (χ1v) is 7.50. The highest BCUT2D eigenvalue weighted by Gasteiger charge is 2.48. The summed E-state index contributed by atoms with van der Waals surface area (Å²) in [4.78, 5) is 0. The van der Waals surface area contributed by atoms with Gasteiger partial charge in [-0.05, 0) is 19.3 Å². The summed E-state index contributed by atoms with van der Waals surface area (Å²) in [6, 6.07) is 0.470. The van der Waals surface area contributed by atoms with Crippen LogP contribution < -0.4 is 5.32 Å². The van der Waals surface area contributed by atoms with E-state index in [1.807, 2.05) is 6.92 Å². The van der Waals surface area contributed by atoms with E-state index in [1.165, 1.54) is 0 Å². The molecule has 3 atom stereocenters. The Labute approximate surface area is 112 Å². The average Bonchev–Trinajstić information content (AvgIpc) is 2.34. The second kappa shape index (κ2) is 6.88. The minimum Gasteiger partial charge on any atom is -0.392 e. The normalized spacial score (nSPS) is 28.2. The Balaban J connectivity index is 2.33. The second-order valence-corrected chi connectivity index (χ2v) is 6.11. The van der Waals surface area contributed by atoms with Crippen molar-refractivity contribution in [2.45, 2.75) is 72.1 Å². The molecule has 1 saturated carbocycles. The fourth-order valence-electron chi connectivity index (χ4n) is 2.98. The average molecular weight is 257 g/mol. The highest BCUT2D eigenvalue weighted by molar-refractivity contribution is 5.02. The standard InChI is InChI=1S/C15H31NO2/c1-6-11(7-2)12(17)10-16-13-9-14(18-8-3)15(13,4)5/h11-14,16-17H,6-10H2,1-5H3. The van der Waals surface area contributed by atoms with Gasteiger partial charge in [-0.15, -0.1) is 0 Å². The monoisotopic (exact) mass is 257 g/mol. The lowest BCUT2D eigenvalue weighted by Gasteiger charge is -2.52. The predicted molar refractivity (Wildman–Crippen MR) is 75.7 cm³/mol. The van der Waals surface area contributed by atoms with Crippen LogP contribution in [-0.4, -0.2) is 36.5 Å². The largest absolute Gasteiger partial charge is 0.392 e. The molecule has 0 radical (unpaired) electrons. The van der Waals surface area contributed by atoms with E-state index < -0.39 is 0 Å². The van der Waals surface area contributed by atoms with Crippen molar-refractivity contribution in [3.8, 4) is 0 Å². The summed E-state index contributed by atoms with van der Waals surface area (Å²) in [5, 5.41) is 13.6. The molecule has 3 unspecified atom stereocenters. The van der Waals surface area contributed by atoms with Crippen LogP contribution in [0.1, 0.15) is 53.9 Å². The van der Waals surface area contributed by atoms with Crippen molar-refractivity contribution in [1.82, 2.24) is 5.32 Å². The molecule has 1 aliphatic rings. The molecule has 0 aromatic carbocycles. The summed E-state index contributed by atoms with van der Waals surface area (Å²) in [6.45, 7) is 12.3. The number of nitrogens with one attached hydrogen (secondary N) is 1. The van der Waals surface area contributed by atoms with Gasteiger partial charge in [0.05, 0.1) is 12.2 Å². The molecule has 0 spiro atoms. The molecule has 0 heterocycles. The molecule has 2 N–H and O–H groups in total. The first-order valence-electron chi connectivity index (χ1n) is 7.50. The molecule has 1 rings (SSSR count). The zero-order valence-corrected chi connectivity index (χ0v) is 12.7. The summed E-state index contributed by atoms with van der Waals surface area (Å²) in [7, 11) is 0. The van der Waals surface area contributed by atoms with Gasteiger partial charge in [0.15, 0.2) is 0 Å². The summed E-state index contributed by atoms with van der Waals surface area (Å²) in [5.41, 5.74) is 0.184. The van der Waals surface area contributed by atoms with Crippen molar-refractivity contribution in [3.63, 3.8) is 0 Å². The zero-order valence-electron chi connectivity index (χ0n) is 12.7. The van der Waals surface area contributed by atoms with Crippen molar-refractivity contribution in [2.75, 3.05) is 13.2 Å². The van der Waals surface area contributed by atoms with Gasteiger partial charge in [0, 0.05) is 24.6 Å². The first kappa shape index (κ1) is 15.9. The van der Waals surface area contributed by atoms with Crippen LogP contribution in [0.5, 0.6) is 0 Å². The Bertz CT molecular complexity index is 239. The molecule has 3 nitrogen and oxygen atoms in total. The summed E-state index contributed by atoms with van der Waals surface area (Å²) < 4.78 is 5.72. The third-order valence-electron chi connectivity index (χ3n) is 4.71. The molecule has 1 aliphatic carbocycles. The Kier molecular flexibility index (Phi) is 6.09. The quantitative estimate of drug-likeness (QED) is 0.702. The maximum absolute atomic E-state index is 10.1. The van der Waals surface area contributed by atoms with Gasteiger partial charge in [-0.1, -0.05) is 40.5 Å². The minimum absolute atomic E-state index is 0.184. The number of hydrogen-bond acceptors (Lipinski definition) is 3. The maximum atomic E-state index is 10.1.